The lowest BCUT2D eigenvalue weighted by Gasteiger charge is -2.43. The van der Waals surface area contributed by atoms with E-state index in [0.717, 1.165) is 74.2 Å². The minimum Gasteiger partial charge on any atom is -0.490 e. The Labute approximate surface area is 249 Å². The predicted molar refractivity (Wildman–Crippen MR) is 164 cm³/mol. The molecular weight excluding hydrogens is 514 g/mol. The molecule has 1 aliphatic heterocycles. The molecule has 2 unspecified atom stereocenters. The van der Waals surface area contributed by atoms with Crippen molar-refractivity contribution in [3.63, 3.8) is 0 Å². The maximum atomic E-state index is 14.9. The topological polar surface area (TPSA) is 18.5 Å². The Hall–Kier alpha value is -1.42. The molecule has 0 N–H and O–H groups in total. The summed E-state index contributed by atoms with van der Waals surface area (Å²) in [6.45, 7) is 5.50. The summed E-state index contributed by atoms with van der Waals surface area (Å²) in [7, 11) is 0. The number of rotatable bonds is 10. The van der Waals surface area contributed by atoms with Crippen LogP contribution >= 0.6 is 0 Å². The second-order valence-corrected chi connectivity index (χ2v) is 14.1. The molecule has 41 heavy (non-hydrogen) atoms. The van der Waals surface area contributed by atoms with E-state index in [-0.39, 0.29) is 11.7 Å². The Kier molecular flexibility index (Phi) is 11.6. The quantitative estimate of drug-likeness (QED) is 0.261. The number of ether oxygens (including phenoxy) is 2. The van der Waals surface area contributed by atoms with Gasteiger partial charge < -0.3 is 9.47 Å². The standard InChI is InChI=1S/C37H56F2O2/c1-3-5-6-7-26-8-10-31(11-9-26)34-22-20-32(25-41-34)29-14-12-27(13-15-29)28-16-18-30(19-17-28)33-21-23-35(40-24-4-2)37(39)36(33)38/h3,5,21,23,26-32,34H,4,6-20,22,24-25H2,1-2H3. The highest BCUT2D eigenvalue weighted by Crippen LogP contribution is 2.47. The molecule has 3 saturated carbocycles. The zero-order chi connectivity index (χ0) is 28.6. The summed E-state index contributed by atoms with van der Waals surface area (Å²) in [4.78, 5) is 0. The molecule has 1 aromatic carbocycles. The zero-order valence-corrected chi connectivity index (χ0v) is 25.9. The second kappa shape index (κ2) is 15.3. The van der Waals surface area contributed by atoms with Crippen molar-refractivity contribution in [1.29, 1.82) is 0 Å². The van der Waals surface area contributed by atoms with Crippen molar-refractivity contribution in [3.05, 3.63) is 41.5 Å². The summed E-state index contributed by atoms with van der Waals surface area (Å²) >= 11 is 0. The van der Waals surface area contributed by atoms with Gasteiger partial charge in [0.05, 0.1) is 19.3 Å². The van der Waals surface area contributed by atoms with Gasteiger partial charge in [0.1, 0.15) is 0 Å². The first-order chi connectivity index (χ1) is 20.1. The fourth-order valence-electron chi connectivity index (χ4n) is 9.06. The van der Waals surface area contributed by atoms with Crippen LogP contribution in [-0.2, 0) is 4.74 Å². The maximum Gasteiger partial charge on any atom is 0.200 e. The minimum absolute atomic E-state index is 0.0516. The molecule has 0 radical (unpaired) electrons. The van der Waals surface area contributed by atoms with Gasteiger partial charge in [-0.2, -0.15) is 4.39 Å². The first-order valence-electron chi connectivity index (χ1n) is 17.4. The van der Waals surface area contributed by atoms with Crippen LogP contribution in [-0.4, -0.2) is 19.3 Å². The van der Waals surface area contributed by atoms with E-state index >= 15 is 0 Å². The van der Waals surface area contributed by atoms with Crippen LogP contribution in [0.15, 0.2) is 24.3 Å². The Morgan fingerprint density at radius 1 is 0.756 bits per heavy atom. The Bertz CT molecular complexity index is 944. The van der Waals surface area contributed by atoms with Crippen molar-refractivity contribution in [1.82, 2.24) is 0 Å². The average molecular weight is 571 g/mol. The third-order valence-corrected chi connectivity index (χ3v) is 11.6. The van der Waals surface area contributed by atoms with E-state index in [4.69, 9.17) is 9.47 Å². The molecule has 1 heterocycles. The molecule has 4 fully saturated rings. The lowest BCUT2D eigenvalue weighted by molar-refractivity contribution is -0.0749. The smallest absolute Gasteiger partial charge is 0.200 e. The van der Waals surface area contributed by atoms with Crippen LogP contribution in [0, 0.1) is 47.1 Å². The molecule has 1 saturated heterocycles. The summed E-state index contributed by atoms with van der Waals surface area (Å²) in [5.41, 5.74) is 0.557. The number of hydrogen-bond donors (Lipinski definition) is 0. The fourth-order valence-corrected chi connectivity index (χ4v) is 9.06. The molecular formula is C37H56F2O2. The zero-order valence-electron chi connectivity index (χ0n) is 25.9. The van der Waals surface area contributed by atoms with Gasteiger partial charge in [0.2, 0.25) is 5.82 Å². The van der Waals surface area contributed by atoms with Gasteiger partial charge in [-0.3, -0.25) is 0 Å². The minimum atomic E-state index is -0.808. The molecule has 0 amide bonds. The van der Waals surface area contributed by atoms with Gasteiger partial charge in [0, 0.05) is 0 Å². The highest BCUT2D eigenvalue weighted by Gasteiger charge is 2.37. The second-order valence-electron chi connectivity index (χ2n) is 14.1. The van der Waals surface area contributed by atoms with Crippen LogP contribution in [0.4, 0.5) is 8.78 Å². The molecule has 3 aliphatic carbocycles. The van der Waals surface area contributed by atoms with E-state index in [1.165, 1.54) is 77.0 Å². The molecule has 230 valence electrons. The molecule has 2 nitrogen and oxygen atoms in total. The molecule has 4 aliphatic rings. The van der Waals surface area contributed by atoms with Crippen LogP contribution < -0.4 is 4.74 Å². The SMILES string of the molecule is CC=CCCC1CCC(C2CCC(C3CCC(C4CCC(c5ccc(OCCC)c(F)c5F)CC4)CC3)CO2)CC1. The van der Waals surface area contributed by atoms with Gasteiger partial charge in [0.15, 0.2) is 11.6 Å². The van der Waals surface area contributed by atoms with E-state index in [1.807, 2.05) is 6.92 Å². The summed E-state index contributed by atoms with van der Waals surface area (Å²) in [5, 5.41) is 0. The van der Waals surface area contributed by atoms with Crippen molar-refractivity contribution in [2.24, 2.45) is 35.5 Å². The van der Waals surface area contributed by atoms with Crippen molar-refractivity contribution in [3.8, 4) is 5.75 Å². The number of halogens is 2. The van der Waals surface area contributed by atoms with Crippen molar-refractivity contribution < 1.29 is 18.3 Å². The molecule has 2 atom stereocenters. The molecule has 0 spiro atoms. The van der Waals surface area contributed by atoms with Gasteiger partial charge in [-0.15, -0.1) is 0 Å². The maximum absolute atomic E-state index is 14.9. The van der Waals surface area contributed by atoms with E-state index < -0.39 is 11.6 Å². The average Bonchev–Trinajstić information content (AvgIpc) is 3.03. The number of hydrogen-bond acceptors (Lipinski definition) is 2. The molecule has 0 aromatic heterocycles. The fraction of sp³-hybridized carbons (Fsp3) is 0.784. The molecule has 0 bridgehead atoms. The van der Waals surface area contributed by atoms with Gasteiger partial charge >= 0.3 is 0 Å². The van der Waals surface area contributed by atoms with Crippen LogP contribution in [0.5, 0.6) is 5.75 Å². The lowest BCUT2D eigenvalue weighted by atomic mass is 9.66. The number of benzene rings is 1. The highest BCUT2D eigenvalue weighted by molar-refractivity contribution is 5.33. The van der Waals surface area contributed by atoms with E-state index in [2.05, 4.69) is 19.1 Å². The van der Waals surface area contributed by atoms with Crippen LogP contribution in [0.2, 0.25) is 0 Å². The van der Waals surface area contributed by atoms with Crippen molar-refractivity contribution >= 4 is 0 Å². The normalized spacial score (nSPS) is 35.0. The van der Waals surface area contributed by atoms with E-state index in [0.29, 0.717) is 18.3 Å². The third-order valence-electron chi connectivity index (χ3n) is 11.6. The number of allylic oxidation sites excluding steroid dienone is 2. The Morgan fingerprint density at radius 3 is 1.98 bits per heavy atom. The third kappa shape index (κ3) is 7.95. The van der Waals surface area contributed by atoms with Crippen LogP contribution in [0.3, 0.4) is 0 Å². The first-order valence-corrected chi connectivity index (χ1v) is 17.4. The predicted octanol–water partition coefficient (Wildman–Crippen LogP) is 10.8. The lowest BCUT2D eigenvalue weighted by Crippen LogP contribution is -2.37. The van der Waals surface area contributed by atoms with Crippen LogP contribution in [0.25, 0.3) is 0 Å². The van der Waals surface area contributed by atoms with Crippen LogP contribution in [0.1, 0.15) is 134 Å². The molecule has 4 heteroatoms. The van der Waals surface area contributed by atoms with E-state index in [1.54, 1.807) is 12.1 Å². The summed E-state index contributed by atoms with van der Waals surface area (Å²) < 4.78 is 41.4. The van der Waals surface area contributed by atoms with E-state index in [9.17, 15) is 8.78 Å². The Balaban J connectivity index is 1.00. The monoisotopic (exact) mass is 570 g/mol. The summed E-state index contributed by atoms with van der Waals surface area (Å²) in [6, 6.07) is 3.40. The molecule has 5 rings (SSSR count). The largest absolute Gasteiger partial charge is 0.490 e. The summed E-state index contributed by atoms with van der Waals surface area (Å²) in [6.07, 6.45) is 26.3. The molecule has 1 aromatic rings. The van der Waals surface area contributed by atoms with Gasteiger partial charge in [-0.05, 0) is 156 Å². The van der Waals surface area contributed by atoms with Gasteiger partial charge in [-0.25, -0.2) is 4.39 Å². The highest BCUT2D eigenvalue weighted by atomic mass is 19.2. The summed E-state index contributed by atoms with van der Waals surface area (Å²) in [5.74, 6) is 3.62. The van der Waals surface area contributed by atoms with Crippen molar-refractivity contribution in [2.75, 3.05) is 13.2 Å². The van der Waals surface area contributed by atoms with Gasteiger partial charge in [0.25, 0.3) is 0 Å². The van der Waals surface area contributed by atoms with Gasteiger partial charge in [-0.1, -0.05) is 38.0 Å². The first kappa shape index (κ1) is 31.0. The Morgan fingerprint density at radius 2 is 1.37 bits per heavy atom. The van der Waals surface area contributed by atoms with Crippen molar-refractivity contribution in [2.45, 2.75) is 135 Å².